The Hall–Kier alpha value is -2.17. The standard InChI is InChI=1S/C17H22N4O/c1-11(2)13-7-14(9-18-8-13)20-17(22)16-15(10-19-21(16)3)12-5-4-6-12/h7-12H,4-6H2,1-3H3,(H,20,22). The zero-order valence-electron chi connectivity index (χ0n) is 13.3. The van der Waals surface area contributed by atoms with Crippen molar-refractivity contribution in [3.8, 4) is 0 Å². The van der Waals surface area contributed by atoms with Gasteiger partial charge in [-0.3, -0.25) is 14.5 Å². The van der Waals surface area contributed by atoms with Crippen molar-refractivity contribution in [2.45, 2.75) is 44.9 Å². The van der Waals surface area contributed by atoms with Gasteiger partial charge in [0.1, 0.15) is 5.69 Å². The van der Waals surface area contributed by atoms with Crippen molar-refractivity contribution in [2.75, 3.05) is 5.32 Å². The van der Waals surface area contributed by atoms with E-state index in [9.17, 15) is 4.79 Å². The Morgan fingerprint density at radius 1 is 1.32 bits per heavy atom. The third-order valence-corrected chi connectivity index (χ3v) is 4.41. The van der Waals surface area contributed by atoms with Gasteiger partial charge in [-0.25, -0.2) is 0 Å². The van der Waals surface area contributed by atoms with Crippen LogP contribution in [0.5, 0.6) is 0 Å². The number of pyridine rings is 1. The Balaban J connectivity index is 1.83. The highest BCUT2D eigenvalue weighted by molar-refractivity contribution is 6.04. The van der Waals surface area contributed by atoms with Gasteiger partial charge in [0.2, 0.25) is 0 Å². The van der Waals surface area contributed by atoms with Gasteiger partial charge in [0.05, 0.1) is 18.1 Å². The lowest BCUT2D eigenvalue weighted by Crippen LogP contribution is -2.20. The van der Waals surface area contributed by atoms with Crippen LogP contribution in [0.2, 0.25) is 0 Å². The minimum atomic E-state index is -0.107. The molecule has 2 aromatic heterocycles. The topological polar surface area (TPSA) is 59.8 Å². The van der Waals surface area contributed by atoms with Crippen molar-refractivity contribution < 1.29 is 4.79 Å². The molecule has 1 saturated carbocycles. The van der Waals surface area contributed by atoms with Crippen LogP contribution < -0.4 is 5.32 Å². The molecule has 0 aromatic carbocycles. The normalized spacial score (nSPS) is 14.9. The number of hydrogen-bond acceptors (Lipinski definition) is 3. The average molecular weight is 298 g/mol. The van der Waals surface area contributed by atoms with Crippen molar-refractivity contribution in [3.05, 3.63) is 41.5 Å². The monoisotopic (exact) mass is 298 g/mol. The van der Waals surface area contributed by atoms with Gasteiger partial charge in [-0.05, 0) is 36.3 Å². The molecule has 0 saturated heterocycles. The van der Waals surface area contributed by atoms with E-state index in [1.807, 2.05) is 25.5 Å². The lowest BCUT2D eigenvalue weighted by atomic mass is 9.80. The molecule has 1 fully saturated rings. The maximum Gasteiger partial charge on any atom is 0.274 e. The predicted molar refractivity (Wildman–Crippen MR) is 86.1 cm³/mol. The van der Waals surface area contributed by atoms with Gasteiger partial charge >= 0.3 is 0 Å². The molecule has 2 heterocycles. The van der Waals surface area contributed by atoms with Crippen LogP contribution in [0.15, 0.2) is 24.7 Å². The SMILES string of the molecule is CC(C)c1cncc(NC(=O)c2c(C3CCC3)cnn2C)c1. The average Bonchev–Trinajstić information content (AvgIpc) is 2.79. The Morgan fingerprint density at radius 2 is 2.09 bits per heavy atom. The van der Waals surface area contributed by atoms with Crippen LogP contribution in [0.1, 0.15) is 66.6 Å². The third kappa shape index (κ3) is 2.75. The number of amides is 1. The van der Waals surface area contributed by atoms with Gasteiger partial charge in [-0.2, -0.15) is 5.10 Å². The molecule has 0 bridgehead atoms. The van der Waals surface area contributed by atoms with Gasteiger partial charge in [0.25, 0.3) is 5.91 Å². The van der Waals surface area contributed by atoms with E-state index in [0.29, 0.717) is 17.5 Å². The van der Waals surface area contributed by atoms with Gasteiger partial charge in [0.15, 0.2) is 0 Å². The molecule has 116 valence electrons. The summed E-state index contributed by atoms with van der Waals surface area (Å²) in [5.74, 6) is 0.755. The summed E-state index contributed by atoms with van der Waals surface area (Å²) in [7, 11) is 1.82. The lowest BCUT2D eigenvalue weighted by molar-refractivity contribution is 0.101. The summed E-state index contributed by atoms with van der Waals surface area (Å²) >= 11 is 0. The Bertz CT molecular complexity index is 686. The first kappa shape index (κ1) is 14.8. The summed E-state index contributed by atoms with van der Waals surface area (Å²) in [6, 6.07) is 1.98. The van der Waals surface area contributed by atoms with Crippen LogP contribution in [-0.4, -0.2) is 20.7 Å². The highest BCUT2D eigenvalue weighted by Crippen LogP contribution is 2.37. The molecule has 22 heavy (non-hydrogen) atoms. The Morgan fingerprint density at radius 3 is 2.73 bits per heavy atom. The van der Waals surface area contributed by atoms with E-state index in [0.717, 1.165) is 29.7 Å². The molecule has 0 radical (unpaired) electrons. The summed E-state index contributed by atoms with van der Waals surface area (Å²) in [6.07, 6.45) is 8.89. The molecule has 1 N–H and O–H groups in total. The van der Waals surface area contributed by atoms with Crippen LogP contribution in [0.25, 0.3) is 0 Å². The second-order valence-corrected chi connectivity index (χ2v) is 6.32. The third-order valence-electron chi connectivity index (χ3n) is 4.41. The predicted octanol–water partition coefficient (Wildman–Crippen LogP) is 3.46. The number of nitrogens with zero attached hydrogens (tertiary/aromatic N) is 3. The van der Waals surface area contributed by atoms with Crippen molar-refractivity contribution in [1.29, 1.82) is 0 Å². The zero-order valence-corrected chi connectivity index (χ0v) is 13.3. The Kier molecular flexibility index (Phi) is 3.96. The van der Waals surface area contributed by atoms with Crippen LogP contribution >= 0.6 is 0 Å². The number of aromatic nitrogens is 3. The first-order valence-electron chi connectivity index (χ1n) is 7.84. The van der Waals surface area contributed by atoms with Crippen LogP contribution in [0, 0.1) is 0 Å². The molecule has 5 heteroatoms. The molecular formula is C17H22N4O. The van der Waals surface area contributed by atoms with E-state index in [2.05, 4.69) is 29.2 Å². The van der Waals surface area contributed by atoms with Gasteiger partial charge < -0.3 is 5.32 Å². The summed E-state index contributed by atoms with van der Waals surface area (Å²) < 4.78 is 1.67. The van der Waals surface area contributed by atoms with Crippen LogP contribution in [0.3, 0.4) is 0 Å². The number of aryl methyl sites for hydroxylation is 1. The molecule has 0 spiro atoms. The summed E-state index contributed by atoms with van der Waals surface area (Å²) in [5, 5.41) is 7.23. The first-order valence-corrected chi connectivity index (χ1v) is 7.84. The number of rotatable bonds is 4. The smallest absolute Gasteiger partial charge is 0.274 e. The maximum atomic E-state index is 12.6. The fourth-order valence-corrected chi connectivity index (χ4v) is 2.78. The molecule has 1 aliphatic carbocycles. The van der Waals surface area contributed by atoms with Gasteiger partial charge in [-0.1, -0.05) is 20.3 Å². The number of anilines is 1. The quantitative estimate of drug-likeness (QED) is 0.940. The number of hydrogen-bond donors (Lipinski definition) is 1. The molecule has 0 aliphatic heterocycles. The lowest BCUT2D eigenvalue weighted by Gasteiger charge is -2.25. The number of carbonyl (C=O) groups is 1. The minimum Gasteiger partial charge on any atom is -0.319 e. The van der Waals surface area contributed by atoms with Gasteiger partial charge in [0, 0.05) is 18.8 Å². The van der Waals surface area contributed by atoms with E-state index in [-0.39, 0.29) is 5.91 Å². The molecular weight excluding hydrogens is 276 g/mol. The molecule has 1 aliphatic rings. The molecule has 0 unspecified atom stereocenters. The second-order valence-electron chi connectivity index (χ2n) is 6.32. The van der Waals surface area contributed by atoms with Crippen molar-refractivity contribution in [1.82, 2.24) is 14.8 Å². The largest absolute Gasteiger partial charge is 0.319 e. The van der Waals surface area contributed by atoms with E-state index >= 15 is 0 Å². The summed E-state index contributed by atoms with van der Waals surface area (Å²) in [5.41, 5.74) is 3.58. The molecule has 3 rings (SSSR count). The Labute approximate surface area is 130 Å². The van der Waals surface area contributed by atoms with Crippen molar-refractivity contribution in [3.63, 3.8) is 0 Å². The highest BCUT2D eigenvalue weighted by atomic mass is 16.2. The fraction of sp³-hybridized carbons (Fsp3) is 0.471. The summed E-state index contributed by atoms with van der Waals surface area (Å²) in [4.78, 5) is 16.9. The van der Waals surface area contributed by atoms with E-state index in [4.69, 9.17) is 0 Å². The molecule has 0 atom stereocenters. The zero-order chi connectivity index (χ0) is 15.7. The fourth-order valence-electron chi connectivity index (χ4n) is 2.78. The van der Waals surface area contributed by atoms with Crippen molar-refractivity contribution >= 4 is 11.6 Å². The highest BCUT2D eigenvalue weighted by Gasteiger charge is 2.27. The molecule has 1 amide bonds. The van der Waals surface area contributed by atoms with E-state index in [1.165, 1.54) is 6.42 Å². The van der Waals surface area contributed by atoms with Crippen LogP contribution in [-0.2, 0) is 7.05 Å². The number of nitrogens with one attached hydrogen (secondary N) is 1. The van der Waals surface area contributed by atoms with E-state index < -0.39 is 0 Å². The first-order chi connectivity index (χ1) is 10.6. The minimum absolute atomic E-state index is 0.107. The molecule has 2 aromatic rings. The van der Waals surface area contributed by atoms with Crippen LogP contribution in [0.4, 0.5) is 5.69 Å². The number of carbonyl (C=O) groups excluding carboxylic acids is 1. The maximum absolute atomic E-state index is 12.6. The van der Waals surface area contributed by atoms with E-state index in [1.54, 1.807) is 10.9 Å². The summed E-state index contributed by atoms with van der Waals surface area (Å²) in [6.45, 7) is 4.22. The second kappa shape index (κ2) is 5.91. The van der Waals surface area contributed by atoms with Crippen molar-refractivity contribution in [2.24, 2.45) is 7.05 Å². The molecule has 5 nitrogen and oxygen atoms in total. The van der Waals surface area contributed by atoms with Gasteiger partial charge in [-0.15, -0.1) is 0 Å².